The minimum Gasteiger partial charge on any atom is -0.411 e. The SMILES string of the molecule is C=C[C@H](OC)[C@@H]1CC[C@H]1CO[SiH](c1ccccc1)c1ccccc1. The quantitative estimate of drug-likeness (QED) is 0.544. The van der Waals surface area contributed by atoms with E-state index in [2.05, 4.69) is 67.2 Å². The van der Waals surface area contributed by atoms with Crippen LogP contribution < -0.4 is 10.4 Å². The topological polar surface area (TPSA) is 18.5 Å². The van der Waals surface area contributed by atoms with E-state index >= 15 is 0 Å². The molecule has 1 saturated carbocycles. The van der Waals surface area contributed by atoms with Gasteiger partial charge in [0.2, 0.25) is 9.04 Å². The summed E-state index contributed by atoms with van der Waals surface area (Å²) in [5, 5.41) is 2.68. The molecule has 3 heteroatoms. The Morgan fingerprint density at radius 1 is 1.04 bits per heavy atom. The molecule has 0 bridgehead atoms. The van der Waals surface area contributed by atoms with Gasteiger partial charge in [0.25, 0.3) is 0 Å². The minimum absolute atomic E-state index is 0.154. The second-order valence-electron chi connectivity index (χ2n) is 6.47. The Kier molecular flexibility index (Phi) is 6.02. The summed E-state index contributed by atoms with van der Waals surface area (Å²) in [5.41, 5.74) is 0. The zero-order valence-electron chi connectivity index (χ0n) is 14.3. The molecule has 1 fully saturated rings. The molecule has 1 aliphatic carbocycles. The van der Waals surface area contributed by atoms with E-state index in [1.807, 2.05) is 6.08 Å². The molecule has 2 aromatic carbocycles. The highest BCUT2D eigenvalue weighted by atomic mass is 28.3. The summed E-state index contributed by atoms with van der Waals surface area (Å²) in [6.07, 6.45) is 4.52. The molecule has 24 heavy (non-hydrogen) atoms. The predicted molar refractivity (Wildman–Crippen MR) is 102 cm³/mol. The summed E-state index contributed by atoms with van der Waals surface area (Å²) in [4.78, 5) is 0. The number of rotatable bonds is 8. The van der Waals surface area contributed by atoms with Crippen LogP contribution in [0.1, 0.15) is 12.8 Å². The molecule has 2 nitrogen and oxygen atoms in total. The van der Waals surface area contributed by atoms with E-state index in [9.17, 15) is 0 Å². The van der Waals surface area contributed by atoms with Crippen LogP contribution in [0.3, 0.4) is 0 Å². The van der Waals surface area contributed by atoms with E-state index in [-0.39, 0.29) is 6.10 Å². The third kappa shape index (κ3) is 3.86. The first-order valence-corrected chi connectivity index (χ1v) is 10.3. The lowest BCUT2D eigenvalue weighted by atomic mass is 9.71. The van der Waals surface area contributed by atoms with Gasteiger partial charge in [-0.2, -0.15) is 0 Å². The fourth-order valence-electron chi connectivity index (χ4n) is 3.54. The molecule has 3 rings (SSSR count). The molecular formula is C21H26O2Si. The van der Waals surface area contributed by atoms with Crippen LogP contribution >= 0.6 is 0 Å². The molecule has 0 spiro atoms. The highest BCUT2D eigenvalue weighted by molar-refractivity contribution is 6.80. The van der Waals surface area contributed by atoms with Crippen molar-refractivity contribution in [1.29, 1.82) is 0 Å². The normalized spacial score (nSPS) is 21.2. The predicted octanol–water partition coefficient (Wildman–Crippen LogP) is 2.77. The summed E-state index contributed by atoms with van der Waals surface area (Å²) in [5.74, 6) is 1.13. The van der Waals surface area contributed by atoms with E-state index in [1.54, 1.807) is 7.11 Å². The summed E-state index contributed by atoms with van der Waals surface area (Å²) >= 11 is 0. The molecule has 0 N–H and O–H groups in total. The number of benzene rings is 2. The Morgan fingerprint density at radius 2 is 1.62 bits per heavy atom. The molecule has 2 aromatic rings. The van der Waals surface area contributed by atoms with Crippen LogP contribution in [0.4, 0.5) is 0 Å². The van der Waals surface area contributed by atoms with E-state index in [0.29, 0.717) is 11.8 Å². The summed E-state index contributed by atoms with van der Waals surface area (Å²) in [6, 6.07) is 21.3. The van der Waals surface area contributed by atoms with Crippen molar-refractivity contribution in [2.24, 2.45) is 11.8 Å². The lowest BCUT2D eigenvalue weighted by molar-refractivity contribution is -0.00687. The van der Waals surface area contributed by atoms with Crippen molar-refractivity contribution >= 4 is 19.4 Å². The van der Waals surface area contributed by atoms with Gasteiger partial charge in [0.05, 0.1) is 6.10 Å². The zero-order chi connectivity index (χ0) is 16.8. The molecule has 0 radical (unpaired) electrons. The van der Waals surface area contributed by atoms with Gasteiger partial charge >= 0.3 is 0 Å². The lowest BCUT2D eigenvalue weighted by Crippen LogP contribution is -2.48. The Balaban J connectivity index is 1.70. The monoisotopic (exact) mass is 338 g/mol. The molecule has 0 saturated heterocycles. The summed E-state index contributed by atoms with van der Waals surface area (Å²) in [7, 11) is 0.142. The Labute approximate surface area is 146 Å². The average molecular weight is 339 g/mol. The summed E-state index contributed by atoms with van der Waals surface area (Å²) < 4.78 is 12.1. The van der Waals surface area contributed by atoms with Crippen molar-refractivity contribution in [1.82, 2.24) is 0 Å². The maximum atomic E-state index is 6.54. The number of methoxy groups -OCH3 is 1. The largest absolute Gasteiger partial charge is 0.411 e. The zero-order valence-corrected chi connectivity index (χ0v) is 15.5. The third-order valence-corrected chi connectivity index (χ3v) is 7.59. The van der Waals surface area contributed by atoms with Gasteiger partial charge < -0.3 is 9.16 Å². The van der Waals surface area contributed by atoms with Gasteiger partial charge in [0.1, 0.15) is 0 Å². The van der Waals surface area contributed by atoms with Crippen molar-refractivity contribution in [3.63, 3.8) is 0 Å². The van der Waals surface area contributed by atoms with Gasteiger partial charge in [0.15, 0.2) is 0 Å². The van der Waals surface area contributed by atoms with Crippen molar-refractivity contribution < 1.29 is 9.16 Å². The molecule has 0 unspecified atom stereocenters. The lowest BCUT2D eigenvalue weighted by Gasteiger charge is -2.40. The molecule has 0 aromatic heterocycles. The standard InChI is InChI=1S/C21H26O2Si/c1-3-21(22-2)20-15-14-17(20)16-23-24(18-10-6-4-7-11-18)19-12-8-5-9-13-19/h3-13,17,20-21,24H,1,14-16H2,2H3/t17-,20+,21-/m0/s1. The first-order valence-electron chi connectivity index (χ1n) is 8.70. The first kappa shape index (κ1) is 17.2. The van der Waals surface area contributed by atoms with Crippen LogP contribution in [-0.2, 0) is 9.16 Å². The number of ether oxygens (including phenoxy) is 1. The van der Waals surface area contributed by atoms with Gasteiger partial charge in [0, 0.05) is 13.7 Å². The molecular weight excluding hydrogens is 312 g/mol. The molecule has 3 atom stereocenters. The molecule has 0 amide bonds. The van der Waals surface area contributed by atoms with Gasteiger partial charge in [-0.05, 0) is 35.1 Å². The maximum absolute atomic E-state index is 6.54. The Morgan fingerprint density at radius 3 is 2.04 bits per heavy atom. The van der Waals surface area contributed by atoms with Gasteiger partial charge in [-0.1, -0.05) is 66.7 Å². The number of hydrogen-bond donors (Lipinski definition) is 0. The molecule has 126 valence electrons. The van der Waals surface area contributed by atoms with E-state index in [1.165, 1.54) is 23.2 Å². The number of hydrogen-bond acceptors (Lipinski definition) is 2. The second kappa shape index (κ2) is 8.43. The Hall–Kier alpha value is -1.68. The van der Waals surface area contributed by atoms with Crippen molar-refractivity contribution in [2.75, 3.05) is 13.7 Å². The van der Waals surface area contributed by atoms with Crippen LogP contribution in [-0.4, -0.2) is 28.9 Å². The van der Waals surface area contributed by atoms with Crippen LogP contribution in [0.5, 0.6) is 0 Å². The maximum Gasteiger partial charge on any atom is 0.239 e. The molecule has 0 heterocycles. The summed E-state index contributed by atoms with van der Waals surface area (Å²) in [6.45, 7) is 4.72. The molecule has 1 aliphatic rings. The van der Waals surface area contributed by atoms with E-state index in [0.717, 1.165) is 6.61 Å². The minimum atomic E-state index is -1.63. The smallest absolute Gasteiger partial charge is 0.239 e. The van der Waals surface area contributed by atoms with Gasteiger partial charge in [-0.3, -0.25) is 0 Å². The highest BCUT2D eigenvalue weighted by Gasteiger charge is 2.36. The van der Waals surface area contributed by atoms with Gasteiger partial charge in [-0.25, -0.2) is 0 Å². The third-order valence-electron chi connectivity index (χ3n) is 5.08. The fraction of sp³-hybridized carbons (Fsp3) is 0.333. The first-order chi connectivity index (χ1) is 11.8. The van der Waals surface area contributed by atoms with Crippen LogP contribution in [0.15, 0.2) is 73.3 Å². The van der Waals surface area contributed by atoms with E-state index < -0.39 is 9.04 Å². The van der Waals surface area contributed by atoms with Crippen LogP contribution in [0.2, 0.25) is 0 Å². The van der Waals surface area contributed by atoms with Crippen molar-refractivity contribution in [3.8, 4) is 0 Å². The van der Waals surface area contributed by atoms with E-state index in [4.69, 9.17) is 9.16 Å². The van der Waals surface area contributed by atoms with Crippen LogP contribution in [0.25, 0.3) is 0 Å². The molecule has 0 aliphatic heterocycles. The average Bonchev–Trinajstić information content (AvgIpc) is 2.63. The second-order valence-corrected chi connectivity index (χ2v) is 8.90. The fourth-order valence-corrected chi connectivity index (χ4v) is 5.89. The van der Waals surface area contributed by atoms with Gasteiger partial charge in [-0.15, -0.1) is 6.58 Å². The Bertz CT molecular complexity index is 589. The highest BCUT2D eigenvalue weighted by Crippen LogP contribution is 2.38. The van der Waals surface area contributed by atoms with Crippen LogP contribution in [0, 0.1) is 11.8 Å². The van der Waals surface area contributed by atoms with Crippen molar-refractivity contribution in [2.45, 2.75) is 18.9 Å². The van der Waals surface area contributed by atoms with Crippen molar-refractivity contribution in [3.05, 3.63) is 73.3 Å².